The maximum atomic E-state index is 11.5. The van der Waals surface area contributed by atoms with Crippen molar-refractivity contribution < 1.29 is 14.6 Å². The minimum absolute atomic E-state index is 0.0679. The number of halogens is 1. The van der Waals surface area contributed by atoms with Crippen molar-refractivity contribution in [2.24, 2.45) is 0 Å². The first-order valence-corrected chi connectivity index (χ1v) is 7.03. The molecule has 0 heterocycles. The zero-order valence-corrected chi connectivity index (χ0v) is 12.6. The smallest absolute Gasteiger partial charge is 0.163 e. The minimum atomic E-state index is -0.727. The summed E-state index contributed by atoms with van der Waals surface area (Å²) in [5.41, 5.74) is 1.29. The van der Waals surface area contributed by atoms with Crippen molar-refractivity contribution in [2.75, 3.05) is 6.61 Å². The molecule has 2 rings (SSSR count). The van der Waals surface area contributed by atoms with Gasteiger partial charge in [-0.2, -0.15) is 0 Å². The number of aliphatic hydroxyl groups is 1. The number of ether oxygens (including phenoxy) is 1. The average Bonchev–Trinajstić information content (AvgIpc) is 2.45. The number of carbonyl (C=O) groups excluding carboxylic acids is 1. The second-order valence-corrected chi connectivity index (χ2v) is 5.35. The van der Waals surface area contributed by atoms with Crippen LogP contribution in [0.5, 0.6) is 5.75 Å². The van der Waals surface area contributed by atoms with Crippen molar-refractivity contribution in [3.63, 3.8) is 0 Å². The van der Waals surface area contributed by atoms with Crippen LogP contribution < -0.4 is 4.74 Å². The molecule has 0 spiro atoms. The first kappa shape index (κ1) is 14.8. The molecule has 2 aromatic carbocycles. The number of benzene rings is 2. The maximum Gasteiger partial charge on any atom is 0.163 e. The predicted octanol–water partition coefficient (Wildman–Crippen LogP) is 3.76. The summed E-state index contributed by atoms with van der Waals surface area (Å²) in [7, 11) is 0. The molecular weight excluding hydrogens is 320 g/mol. The van der Waals surface area contributed by atoms with Crippen LogP contribution in [0.25, 0.3) is 0 Å². The van der Waals surface area contributed by atoms with Crippen LogP contribution in [0.4, 0.5) is 0 Å². The van der Waals surface area contributed by atoms with Gasteiger partial charge in [-0.05, 0) is 30.7 Å². The molecule has 0 saturated carbocycles. The Hall–Kier alpha value is -1.65. The van der Waals surface area contributed by atoms with Crippen LogP contribution in [0.1, 0.15) is 28.9 Å². The number of hydrogen-bond donors (Lipinski definition) is 1. The number of Topliss-reactive ketones (excluding diaryl/α,β-unsaturated/α-hetero) is 1. The molecule has 1 unspecified atom stereocenters. The molecule has 2 aromatic rings. The molecule has 4 heteroatoms. The van der Waals surface area contributed by atoms with Gasteiger partial charge in [-0.15, -0.1) is 0 Å². The average molecular weight is 335 g/mol. The Morgan fingerprint density at radius 2 is 1.95 bits per heavy atom. The molecule has 0 aliphatic rings. The van der Waals surface area contributed by atoms with E-state index in [4.69, 9.17) is 4.74 Å². The molecule has 104 valence electrons. The van der Waals surface area contributed by atoms with E-state index < -0.39 is 6.10 Å². The van der Waals surface area contributed by atoms with Gasteiger partial charge >= 0.3 is 0 Å². The van der Waals surface area contributed by atoms with Crippen molar-refractivity contribution in [1.29, 1.82) is 0 Å². The predicted molar refractivity (Wildman–Crippen MR) is 81.0 cm³/mol. The van der Waals surface area contributed by atoms with Gasteiger partial charge in [-0.25, -0.2) is 0 Å². The fourth-order valence-corrected chi connectivity index (χ4v) is 2.19. The summed E-state index contributed by atoms with van der Waals surface area (Å²) in [6, 6.07) is 14.5. The highest BCUT2D eigenvalue weighted by Gasteiger charge is 2.12. The van der Waals surface area contributed by atoms with E-state index in [1.165, 1.54) is 6.92 Å². The van der Waals surface area contributed by atoms with E-state index in [1.54, 1.807) is 18.2 Å². The van der Waals surface area contributed by atoms with Crippen LogP contribution in [0, 0.1) is 0 Å². The fraction of sp³-hybridized carbons (Fsp3) is 0.188. The first-order valence-electron chi connectivity index (χ1n) is 6.24. The quantitative estimate of drug-likeness (QED) is 0.846. The maximum absolute atomic E-state index is 11.5. The molecule has 1 N–H and O–H groups in total. The molecule has 0 saturated heterocycles. The van der Waals surface area contributed by atoms with Gasteiger partial charge in [-0.1, -0.05) is 46.3 Å². The van der Waals surface area contributed by atoms with Gasteiger partial charge < -0.3 is 9.84 Å². The third-order valence-corrected chi connectivity index (χ3v) is 3.40. The van der Waals surface area contributed by atoms with Gasteiger partial charge in [0.1, 0.15) is 18.5 Å². The van der Waals surface area contributed by atoms with Gasteiger partial charge in [0.25, 0.3) is 0 Å². The summed E-state index contributed by atoms with van der Waals surface area (Å²) < 4.78 is 6.42. The largest absolute Gasteiger partial charge is 0.490 e. The van der Waals surface area contributed by atoms with E-state index >= 15 is 0 Å². The minimum Gasteiger partial charge on any atom is -0.490 e. The number of ketones is 1. The van der Waals surface area contributed by atoms with Gasteiger partial charge in [-0.3, -0.25) is 4.79 Å². The summed E-state index contributed by atoms with van der Waals surface area (Å²) in [5.74, 6) is 0.406. The fourth-order valence-electron chi connectivity index (χ4n) is 1.85. The Balaban J connectivity index is 2.11. The van der Waals surface area contributed by atoms with Gasteiger partial charge in [0.2, 0.25) is 0 Å². The summed E-state index contributed by atoms with van der Waals surface area (Å²) >= 11 is 3.34. The highest BCUT2D eigenvalue weighted by Crippen LogP contribution is 2.25. The van der Waals surface area contributed by atoms with E-state index in [1.807, 2.05) is 30.3 Å². The molecule has 20 heavy (non-hydrogen) atoms. The molecule has 0 radical (unpaired) electrons. The zero-order valence-electron chi connectivity index (χ0n) is 11.0. The number of aliphatic hydroxyl groups excluding tert-OH is 1. The molecule has 0 amide bonds. The number of hydrogen-bond acceptors (Lipinski definition) is 3. The van der Waals surface area contributed by atoms with Crippen molar-refractivity contribution in [2.45, 2.75) is 13.0 Å². The van der Waals surface area contributed by atoms with Gasteiger partial charge in [0.05, 0.1) is 5.56 Å². The highest BCUT2D eigenvalue weighted by atomic mass is 79.9. The normalized spacial score (nSPS) is 11.9. The lowest BCUT2D eigenvalue weighted by Crippen LogP contribution is -2.11. The van der Waals surface area contributed by atoms with Crippen molar-refractivity contribution in [3.05, 3.63) is 64.1 Å². The Bertz CT molecular complexity index is 596. The second-order valence-electron chi connectivity index (χ2n) is 4.43. The molecule has 1 atom stereocenters. The second kappa shape index (κ2) is 6.68. The molecule has 3 nitrogen and oxygen atoms in total. The SMILES string of the molecule is CC(=O)c1ccc(Br)cc1OCC(O)c1ccccc1. The zero-order chi connectivity index (χ0) is 14.5. The van der Waals surface area contributed by atoms with Crippen molar-refractivity contribution >= 4 is 21.7 Å². The Morgan fingerprint density at radius 3 is 2.60 bits per heavy atom. The van der Waals surface area contributed by atoms with Crippen molar-refractivity contribution in [1.82, 2.24) is 0 Å². The number of carbonyl (C=O) groups is 1. The molecular formula is C16H15BrO3. The van der Waals surface area contributed by atoms with Gasteiger partial charge in [0.15, 0.2) is 5.78 Å². The summed E-state index contributed by atoms with van der Waals surface area (Å²) in [4.78, 5) is 11.5. The van der Waals surface area contributed by atoms with E-state index in [-0.39, 0.29) is 12.4 Å². The first-order chi connectivity index (χ1) is 9.58. The van der Waals surface area contributed by atoms with E-state index in [9.17, 15) is 9.90 Å². The Labute approximate surface area is 126 Å². The highest BCUT2D eigenvalue weighted by molar-refractivity contribution is 9.10. The Kier molecular flexibility index (Phi) is 4.93. The lowest BCUT2D eigenvalue weighted by atomic mass is 10.1. The third-order valence-electron chi connectivity index (χ3n) is 2.90. The molecule has 0 aliphatic heterocycles. The van der Waals surface area contributed by atoms with Crippen LogP contribution in [-0.2, 0) is 0 Å². The summed E-state index contributed by atoms with van der Waals surface area (Å²) in [6.45, 7) is 1.59. The molecule has 0 bridgehead atoms. The van der Waals surface area contributed by atoms with Crippen molar-refractivity contribution in [3.8, 4) is 5.75 Å². The monoisotopic (exact) mass is 334 g/mol. The van der Waals surface area contributed by atoms with E-state index in [2.05, 4.69) is 15.9 Å². The topological polar surface area (TPSA) is 46.5 Å². The van der Waals surface area contributed by atoms with Crippen LogP contribution in [0.15, 0.2) is 53.0 Å². The number of rotatable bonds is 5. The third kappa shape index (κ3) is 3.68. The Morgan fingerprint density at radius 1 is 1.25 bits per heavy atom. The molecule has 0 aromatic heterocycles. The van der Waals surface area contributed by atoms with E-state index in [0.717, 1.165) is 10.0 Å². The summed E-state index contributed by atoms with van der Waals surface area (Å²) in [6.07, 6.45) is -0.727. The van der Waals surface area contributed by atoms with E-state index in [0.29, 0.717) is 11.3 Å². The molecule has 0 aliphatic carbocycles. The standard InChI is InChI=1S/C16H15BrO3/c1-11(18)14-8-7-13(17)9-16(14)20-10-15(19)12-5-3-2-4-6-12/h2-9,15,19H,10H2,1H3. The lowest BCUT2D eigenvalue weighted by Gasteiger charge is -2.14. The van der Waals surface area contributed by atoms with Crippen LogP contribution >= 0.6 is 15.9 Å². The van der Waals surface area contributed by atoms with Crippen LogP contribution in [0.3, 0.4) is 0 Å². The van der Waals surface area contributed by atoms with Gasteiger partial charge in [0, 0.05) is 4.47 Å². The summed E-state index contributed by atoms with van der Waals surface area (Å²) in [5, 5.41) is 10.1. The van der Waals surface area contributed by atoms with Crippen LogP contribution in [0.2, 0.25) is 0 Å². The van der Waals surface area contributed by atoms with Crippen LogP contribution in [-0.4, -0.2) is 17.5 Å². The lowest BCUT2D eigenvalue weighted by molar-refractivity contribution is 0.0977. The molecule has 0 fully saturated rings.